The van der Waals surface area contributed by atoms with Crippen LogP contribution < -0.4 is 4.74 Å². The van der Waals surface area contributed by atoms with Gasteiger partial charge in [-0.25, -0.2) is 0 Å². The fourth-order valence-corrected chi connectivity index (χ4v) is 2.28. The Kier molecular flexibility index (Phi) is 4.02. The number of rotatable bonds is 3. The smallest absolute Gasteiger partial charge is 0.118 e. The number of aliphatic hydroxyl groups is 1. The molecule has 0 spiro atoms. The average molecular weight is 236 g/mol. The van der Waals surface area contributed by atoms with E-state index < -0.39 is 0 Å². The Morgan fingerprint density at radius 1 is 1.35 bits per heavy atom. The Labute approximate surface area is 102 Å². The van der Waals surface area contributed by atoms with E-state index >= 15 is 0 Å². The molecule has 1 aromatic carbocycles. The topological polar surface area (TPSA) is 38.7 Å². The number of ether oxygens (including phenoxy) is 2. The molecule has 0 aromatic heterocycles. The minimum absolute atomic E-state index is 0.106. The summed E-state index contributed by atoms with van der Waals surface area (Å²) >= 11 is 0. The van der Waals surface area contributed by atoms with Gasteiger partial charge in [0.05, 0.1) is 19.8 Å². The Hall–Kier alpha value is -1.06. The van der Waals surface area contributed by atoms with Crippen molar-refractivity contribution >= 4 is 0 Å². The van der Waals surface area contributed by atoms with E-state index in [1.54, 1.807) is 7.11 Å². The van der Waals surface area contributed by atoms with Crippen LogP contribution in [0.4, 0.5) is 0 Å². The van der Waals surface area contributed by atoms with Gasteiger partial charge in [0.1, 0.15) is 5.75 Å². The lowest BCUT2D eigenvalue weighted by molar-refractivity contribution is -0.0556. The molecule has 2 rings (SSSR count). The van der Waals surface area contributed by atoms with E-state index in [0.29, 0.717) is 11.8 Å². The van der Waals surface area contributed by atoms with Crippen LogP contribution >= 0.6 is 0 Å². The molecule has 3 nitrogen and oxygen atoms in total. The molecular weight excluding hydrogens is 216 g/mol. The highest BCUT2D eigenvalue weighted by atomic mass is 16.5. The fraction of sp³-hybridized carbons (Fsp3) is 0.571. The highest BCUT2D eigenvalue weighted by molar-refractivity contribution is 5.28. The summed E-state index contributed by atoms with van der Waals surface area (Å²) in [4.78, 5) is 0. The molecule has 1 heterocycles. The molecule has 0 radical (unpaired) electrons. The van der Waals surface area contributed by atoms with Gasteiger partial charge in [-0.05, 0) is 36.0 Å². The molecule has 17 heavy (non-hydrogen) atoms. The van der Waals surface area contributed by atoms with Crippen molar-refractivity contribution in [2.45, 2.75) is 19.4 Å². The molecule has 1 fully saturated rings. The van der Waals surface area contributed by atoms with Gasteiger partial charge in [-0.15, -0.1) is 0 Å². The summed E-state index contributed by atoms with van der Waals surface area (Å²) in [5.41, 5.74) is 1.16. The second-order valence-corrected chi connectivity index (χ2v) is 4.75. The first kappa shape index (κ1) is 12.4. The summed E-state index contributed by atoms with van der Waals surface area (Å²) in [6.45, 7) is 3.10. The van der Waals surface area contributed by atoms with Crippen molar-refractivity contribution in [3.05, 3.63) is 29.8 Å². The van der Waals surface area contributed by atoms with E-state index in [1.165, 1.54) is 0 Å². The van der Waals surface area contributed by atoms with Gasteiger partial charge in [0, 0.05) is 6.61 Å². The largest absolute Gasteiger partial charge is 0.497 e. The fourth-order valence-electron chi connectivity index (χ4n) is 2.28. The van der Waals surface area contributed by atoms with E-state index in [2.05, 4.69) is 6.92 Å². The van der Waals surface area contributed by atoms with Crippen LogP contribution in [0.2, 0.25) is 0 Å². The van der Waals surface area contributed by atoms with Gasteiger partial charge in [-0.3, -0.25) is 0 Å². The molecular formula is C14H20O3. The summed E-state index contributed by atoms with van der Waals surface area (Å²) in [6, 6.07) is 7.97. The molecule has 3 heteroatoms. The van der Waals surface area contributed by atoms with Crippen molar-refractivity contribution in [1.82, 2.24) is 0 Å². The Morgan fingerprint density at radius 3 is 2.65 bits per heavy atom. The van der Waals surface area contributed by atoms with Crippen LogP contribution in [0, 0.1) is 11.8 Å². The maximum atomic E-state index is 9.33. The lowest BCUT2D eigenvalue weighted by Gasteiger charge is -2.33. The third kappa shape index (κ3) is 2.79. The number of hydrogen-bond acceptors (Lipinski definition) is 3. The zero-order valence-corrected chi connectivity index (χ0v) is 10.4. The third-order valence-electron chi connectivity index (χ3n) is 3.60. The molecule has 3 atom stereocenters. The van der Waals surface area contributed by atoms with E-state index in [0.717, 1.165) is 24.3 Å². The van der Waals surface area contributed by atoms with Gasteiger partial charge in [0.25, 0.3) is 0 Å². The Balaban J connectivity index is 2.06. The summed E-state index contributed by atoms with van der Waals surface area (Å²) in [6.07, 6.45) is 0.999. The van der Waals surface area contributed by atoms with Gasteiger partial charge in [-0.2, -0.15) is 0 Å². The minimum Gasteiger partial charge on any atom is -0.497 e. The predicted molar refractivity (Wildman–Crippen MR) is 66.0 cm³/mol. The van der Waals surface area contributed by atoms with E-state index in [-0.39, 0.29) is 12.7 Å². The molecule has 94 valence electrons. The van der Waals surface area contributed by atoms with Crippen molar-refractivity contribution in [2.24, 2.45) is 11.8 Å². The minimum atomic E-state index is 0.106. The van der Waals surface area contributed by atoms with Crippen molar-refractivity contribution in [3.63, 3.8) is 0 Å². The first-order chi connectivity index (χ1) is 8.24. The zero-order chi connectivity index (χ0) is 12.3. The zero-order valence-electron chi connectivity index (χ0n) is 10.4. The first-order valence-electron chi connectivity index (χ1n) is 6.11. The van der Waals surface area contributed by atoms with E-state index in [4.69, 9.17) is 9.47 Å². The van der Waals surface area contributed by atoms with Crippen molar-refractivity contribution in [2.75, 3.05) is 20.3 Å². The summed E-state index contributed by atoms with van der Waals surface area (Å²) in [7, 11) is 1.66. The van der Waals surface area contributed by atoms with Crippen molar-refractivity contribution in [1.29, 1.82) is 0 Å². The SMILES string of the molecule is COc1ccc(C2C[C@@H](CO)C(C)CO2)cc1. The van der Waals surface area contributed by atoms with Gasteiger partial charge in [0.15, 0.2) is 0 Å². The highest BCUT2D eigenvalue weighted by Crippen LogP contribution is 2.34. The molecule has 1 aliphatic rings. The van der Waals surface area contributed by atoms with Crippen LogP contribution in [-0.4, -0.2) is 25.4 Å². The second-order valence-electron chi connectivity index (χ2n) is 4.75. The number of hydrogen-bond donors (Lipinski definition) is 1. The van der Waals surface area contributed by atoms with Gasteiger partial charge >= 0.3 is 0 Å². The van der Waals surface area contributed by atoms with E-state index in [9.17, 15) is 5.11 Å². The number of methoxy groups -OCH3 is 1. The third-order valence-corrected chi connectivity index (χ3v) is 3.60. The summed E-state index contributed by atoms with van der Waals surface area (Å²) in [5, 5.41) is 9.33. The highest BCUT2D eigenvalue weighted by Gasteiger charge is 2.28. The standard InChI is InChI=1S/C14H20O3/c1-10-9-17-14(7-12(10)8-15)11-3-5-13(16-2)6-4-11/h3-6,10,12,14-15H,7-9H2,1-2H3/t10?,12-,14?/m0/s1. The molecule has 0 bridgehead atoms. The first-order valence-corrected chi connectivity index (χ1v) is 6.11. The summed E-state index contributed by atoms with van der Waals surface area (Å²) < 4.78 is 11.0. The quantitative estimate of drug-likeness (QED) is 0.875. The van der Waals surface area contributed by atoms with Crippen LogP contribution in [0.1, 0.15) is 25.0 Å². The average Bonchev–Trinajstić information content (AvgIpc) is 2.39. The molecule has 0 saturated carbocycles. The van der Waals surface area contributed by atoms with Crippen LogP contribution in [0.15, 0.2) is 24.3 Å². The lowest BCUT2D eigenvalue weighted by atomic mass is 9.85. The van der Waals surface area contributed by atoms with Gasteiger partial charge in [-0.1, -0.05) is 19.1 Å². The molecule has 0 amide bonds. The maximum Gasteiger partial charge on any atom is 0.118 e. The monoisotopic (exact) mass is 236 g/mol. The van der Waals surface area contributed by atoms with Crippen LogP contribution in [-0.2, 0) is 4.74 Å². The van der Waals surface area contributed by atoms with Crippen LogP contribution in [0.3, 0.4) is 0 Å². The van der Waals surface area contributed by atoms with Gasteiger partial charge in [0.2, 0.25) is 0 Å². The normalized spacial score (nSPS) is 29.0. The van der Waals surface area contributed by atoms with Crippen LogP contribution in [0.5, 0.6) is 5.75 Å². The van der Waals surface area contributed by atoms with Crippen LogP contribution in [0.25, 0.3) is 0 Å². The van der Waals surface area contributed by atoms with Crippen molar-refractivity contribution in [3.8, 4) is 5.75 Å². The molecule has 2 unspecified atom stereocenters. The Bertz CT molecular complexity index is 347. The molecule has 1 aliphatic heterocycles. The number of benzene rings is 1. The Morgan fingerprint density at radius 2 is 2.06 bits per heavy atom. The second kappa shape index (κ2) is 5.52. The lowest BCUT2D eigenvalue weighted by Crippen LogP contribution is -2.29. The predicted octanol–water partition coefficient (Wildman–Crippen LogP) is 2.40. The molecule has 1 aromatic rings. The molecule has 1 N–H and O–H groups in total. The summed E-state index contributed by atoms with van der Waals surface area (Å²) in [5.74, 6) is 1.64. The van der Waals surface area contributed by atoms with E-state index in [1.807, 2.05) is 24.3 Å². The number of aliphatic hydroxyl groups excluding tert-OH is 1. The van der Waals surface area contributed by atoms with Gasteiger partial charge < -0.3 is 14.6 Å². The molecule has 0 aliphatic carbocycles. The molecule has 1 saturated heterocycles. The van der Waals surface area contributed by atoms with Crippen molar-refractivity contribution < 1.29 is 14.6 Å². The maximum absolute atomic E-state index is 9.33.